The number of amides is 2. The number of urea groups is 1. The van der Waals surface area contributed by atoms with Crippen LogP contribution in [0.2, 0.25) is 0 Å². The van der Waals surface area contributed by atoms with Crippen LogP contribution in [-0.4, -0.2) is 41.9 Å². The Balaban J connectivity index is 2.36. The number of carbonyl (C=O) groups is 2. The highest BCUT2D eigenvalue weighted by molar-refractivity contribution is 5.76. The zero-order valence-electron chi connectivity index (χ0n) is 11.6. The minimum absolute atomic E-state index is 0.0461. The van der Waals surface area contributed by atoms with Gasteiger partial charge in [-0.1, -0.05) is 13.3 Å². The molecule has 3 atom stereocenters. The molecule has 0 aliphatic carbocycles. The molecule has 19 heavy (non-hydrogen) atoms. The molecule has 1 aliphatic rings. The van der Waals surface area contributed by atoms with Gasteiger partial charge in [-0.25, -0.2) is 4.79 Å². The molecule has 1 saturated heterocycles. The SMILES string of the molecule is CCCC(CC(=O)O)NC(=O)NC(C)C1CCCO1. The first-order chi connectivity index (χ1) is 9.02. The lowest BCUT2D eigenvalue weighted by atomic mass is 10.1. The Labute approximate surface area is 113 Å². The van der Waals surface area contributed by atoms with Crippen molar-refractivity contribution >= 4 is 12.0 Å². The Morgan fingerprint density at radius 1 is 1.42 bits per heavy atom. The van der Waals surface area contributed by atoms with Gasteiger partial charge in [0.25, 0.3) is 0 Å². The van der Waals surface area contributed by atoms with Crippen molar-refractivity contribution in [1.82, 2.24) is 10.6 Å². The van der Waals surface area contributed by atoms with Crippen molar-refractivity contribution in [2.24, 2.45) is 0 Å². The van der Waals surface area contributed by atoms with E-state index in [2.05, 4.69) is 10.6 Å². The summed E-state index contributed by atoms with van der Waals surface area (Å²) in [6.45, 7) is 4.61. The summed E-state index contributed by atoms with van der Waals surface area (Å²) in [7, 11) is 0. The summed E-state index contributed by atoms with van der Waals surface area (Å²) in [6.07, 6.45) is 3.49. The summed E-state index contributed by atoms with van der Waals surface area (Å²) >= 11 is 0. The van der Waals surface area contributed by atoms with Crippen molar-refractivity contribution in [3.05, 3.63) is 0 Å². The van der Waals surface area contributed by atoms with E-state index in [1.807, 2.05) is 13.8 Å². The number of ether oxygens (including phenoxy) is 1. The van der Waals surface area contributed by atoms with Gasteiger partial charge in [0.1, 0.15) is 0 Å². The summed E-state index contributed by atoms with van der Waals surface area (Å²) in [4.78, 5) is 22.5. The summed E-state index contributed by atoms with van der Waals surface area (Å²) in [5.41, 5.74) is 0. The molecule has 0 aromatic heterocycles. The number of hydrogen-bond acceptors (Lipinski definition) is 3. The van der Waals surface area contributed by atoms with E-state index >= 15 is 0 Å². The minimum Gasteiger partial charge on any atom is -0.481 e. The van der Waals surface area contributed by atoms with Crippen LogP contribution in [0.25, 0.3) is 0 Å². The van der Waals surface area contributed by atoms with E-state index in [0.717, 1.165) is 25.9 Å². The molecule has 0 aromatic rings. The van der Waals surface area contributed by atoms with Gasteiger partial charge < -0.3 is 20.5 Å². The van der Waals surface area contributed by atoms with Gasteiger partial charge in [-0.3, -0.25) is 4.79 Å². The van der Waals surface area contributed by atoms with Crippen molar-refractivity contribution < 1.29 is 19.4 Å². The van der Waals surface area contributed by atoms with Crippen LogP contribution in [0.4, 0.5) is 4.79 Å². The first-order valence-electron chi connectivity index (χ1n) is 6.93. The van der Waals surface area contributed by atoms with Crippen LogP contribution in [0.1, 0.15) is 46.0 Å². The third-order valence-electron chi connectivity index (χ3n) is 3.27. The Kier molecular flexibility index (Phi) is 6.62. The second-order valence-electron chi connectivity index (χ2n) is 5.04. The van der Waals surface area contributed by atoms with Crippen LogP contribution in [0, 0.1) is 0 Å². The highest BCUT2D eigenvalue weighted by Gasteiger charge is 2.24. The van der Waals surface area contributed by atoms with Gasteiger partial charge in [0.15, 0.2) is 0 Å². The van der Waals surface area contributed by atoms with E-state index in [1.54, 1.807) is 0 Å². The Bertz CT molecular complexity index is 303. The van der Waals surface area contributed by atoms with Gasteiger partial charge in [-0.2, -0.15) is 0 Å². The molecule has 110 valence electrons. The minimum atomic E-state index is -0.897. The van der Waals surface area contributed by atoms with Crippen molar-refractivity contribution in [2.45, 2.75) is 64.1 Å². The average Bonchev–Trinajstić information content (AvgIpc) is 2.81. The van der Waals surface area contributed by atoms with Crippen LogP contribution < -0.4 is 10.6 Å². The number of carbonyl (C=O) groups excluding carboxylic acids is 1. The smallest absolute Gasteiger partial charge is 0.315 e. The fourth-order valence-corrected chi connectivity index (χ4v) is 2.31. The van der Waals surface area contributed by atoms with Gasteiger partial charge in [-0.05, 0) is 26.2 Å². The zero-order chi connectivity index (χ0) is 14.3. The molecule has 0 radical (unpaired) electrons. The fourth-order valence-electron chi connectivity index (χ4n) is 2.31. The fraction of sp³-hybridized carbons (Fsp3) is 0.846. The summed E-state index contributed by atoms with van der Waals surface area (Å²) in [6, 6.07) is -0.698. The molecule has 0 bridgehead atoms. The number of aliphatic carboxylic acids is 1. The molecular weight excluding hydrogens is 248 g/mol. The van der Waals surface area contributed by atoms with Crippen molar-refractivity contribution in [3.63, 3.8) is 0 Å². The molecule has 6 heteroatoms. The Morgan fingerprint density at radius 2 is 2.16 bits per heavy atom. The first-order valence-corrected chi connectivity index (χ1v) is 6.93. The van der Waals surface area contributed by atoms with E-state index in [4.69, 9.17) is 9.84 Å². The lowest BCUT2D eigenvalue weighted by Gasteiger charge is -2.22. The van der Waals surface area contributed by atoms with Gasteiger partial charge >= 0.3 is 12.0 Å². The van der Waals surface area contributed by atoms with Gasteiger partial charge in [-0.15, -0.1) is 0 Å². The van der Waals surface area contributed by atoms with Gasteiger partial charge in [0.2, 0.25) is 0 Å². The largest absolute Gasteiger partial charge is 0.481 e. The second kappa shape index (κ2) is 7.99. The maximum Gasteiger partial charge on any atom is 0.315 e. The van der Waals surface area contributed by atoms with E-state index in [-0.39, 0.29) is 30.6 Å². The number of carboxylic acid groups (broad SMARTS) is 1. The van der Waals surface area contributed by atoms with Crippen molar-refractivity contribution in [3.8, 4) is 0 Å². The lowest BCUT2D eigenvalue weighted by Crippen LogP contribution is -2.49. The van der Waals surface area contributed by atoms with Crippen molar-refractivity contribution in [1.29, 1.82) is 0 Å². The normalized spacial score (nSPS) is 21.7. The molecule has 2 amide bonds. The second-order valence-corrected chi connectivity index (χ2v) is 5.04. The number of nitrogens with one attached hydrogen (secondary N) is 2. The highest BCUT2D eigenvalue weighted by Crippen LogP contribution is 2.15. The number of carboxylic acids is 1. The predicted octanol–water partition coefficient (Wildman–Crippen LogP) is 1.50. The van der Waals surface area contributed by atoms with Crippen LogP contribution in [0.3, 0.4) is 0 Å². The third-order valence-corrected chi connectivity index (χ3v) is 3.27. The van der Waals surface area contributed by atoms with Crippen LogP contribution in [0.5, 0.6) is 0 Å². The molecule has 1 fully saturated rings. The molecular formula is C13H24N2O4. The summed E-state index contributed by atoms with van der Waals surface area (Å²) < 4.78 is 5.50. The molecule has 3 N–H and O–H groups in total. The predicted molar refractivity (Wildman–Crippen MR) is 71.1 cm³/mol. The highest BCUT2D eigenvalue weighted by atomic mass is 16.5. The first kappa shape index (κ1) is 15.8. The molecule has 0 saturated carbocycles. The maximum atomic E-state index is 11.8. The Hall–Kier alpha value is -1.30. The molecule has 3 unspecified atom stereocenters. The molecule has 1 rings (SSSR count). The molecule has 0 spiro atoms. The van der Waals surface area contributed by atoms with Crippen molar-refractivity contribution in [2.75, 3.05) is 6.61 Å². The molecule has 1 heterocycles. The van der Waals surface area contributed by atoms with Crippen LogP contribution in [-0.2, 0) is 9.53 Å². The van der Waals surface area contributed by atoms with Gasteiger partial charge in [0.05, 0.1) is 18.6 Å². The van der Waals surface area contributed by atoms with Crippen LogP contribution >= 0.6 is 0 Å². The standard InChI is InChI=1S/C13H24N2O4/c1-3-5-10(8-12(16)17)15-13(18)14-9(2)11-6-4-7-19-11/h9-11H,3-8H2,1-2H3,(H,16,17)(H2,14,15,18). The molecule has 0 aromatic carbocycles. The lowest BCUT2D eigenvalue weighted by molar-refractivity contribution is -0.137. The maximum absolute atomic E-state index is 11.8. The topological polar surface area (TPSA) is 87.7 Å². The Morgan fingerprint density at radius 3 is 2.68 bits per heavy atom. The summed E-state index contributed by atoms with van der Waals surface area (Å²) in [5.74, 6) is -0.897. The van der Waals surface area contributed by atoms with E-state index in [0.29, 0.717) is 6.42 Å². The quantitative estimate of drug-likeness (QED) is 0.655. The van der Waals surface area contributed by atoms with E-state index in [1.165, 1.54) is 0 Å². The van der Waals surface area contributed by atoms with Gasteiger partial charge in [0, 0.05) is 12.6 Å². The summed E-state index contributed by atoms with van der Waals surface area (Å²) in [5, 5.41) is 14.3. The third kappa shape index (κ3) is 5.92. The zero-order valence-corrected chi connectivity index (χ0v) is 11.6. The monoisotopic (exact) mass is 272 g/mol. The average molecular weight is 272 g/mol. The van der Waals surface area contributed by atoms with E-state index < -0.39 is 5.97 Å². The number of rotatable bonds is 7. The van der Waals surface area contributed by atoms with Crippen LogP contribution in [0.15, 0.2) is 0 Å². The molecule has 1 aliphatic heterocycles. The molecule has 6 nitrogen and oxygen atoms in total. The van der Waals surface area contributed by atoms with E-state index in [9.17, 15) is 9.59 Å². The number of hydrogen-bond donors (Lipinski definition) is 3.